The quantitative estimate of drug-likeness (QED) is 0.413. The number of nitrogens with two attached hydrogens (primary N) is 1. The molecule has 0 fully saturated rings. The van der Waals surface area contributed by atoms with Crippen LogP contribution in [0.15, 0.2) is 78.9 Å². The van der Waals surface area contributed by atoms with Gasteiger partial charge in [0.1, 0.15) is 5.82 Å². The van der Waals surface area contributed by atoms with Crippen LogP contribution in [0.4, 0.5) is 4.39 Å². The molecule has 172 valence electrons. The Kier molecular flexibility index (Phi) is 6.82. The summed E-state index contributed by atoms with van der Waals surface area (Å²) in [5.74, 6) is -0.949. The number of nitrogens with zero attached hydrogens (tertiary/aromatic N) is 2. The maximum Gasteiger partial charge on any atom is 0.248 e. The standard InChI is InChI=1S/C27H25FN4O2/c1-18-4-2-5-19(14-18)17-30-26(33)13-10-23-16-25(21-6-3-7-22(28)15-21)32(31-23)24-11-8-20(9-12-24)27(29)34/h2-9,11-12,14-16H,10,13,17H2,1H3,(H2,29,34)(H,30,33). The molecule has 0 radical (unpaired) electrons. The maximum atomic E-state index is 13.9. The lowest BCUT2D eigenvalue weighted by molar-refractivity contribution is -0.121. The van der Waals surface area contributed by atoms with E-state index in [-0.39, 0.29) is 18.1 Å². The van der Waals surface area contributed by atoms with Crippen LogP contribution < -0.4 is 11.1 Å². The largest absolute Gasteiger partial charge is 0.366 e. The van der Waals surface area contributed by atoms with Gasteiger partial charge < -0.3 is 11.1 Å². The zero-order chi connectivity index (χ0) is 24.1. The lowest BCUT2D eigenvalue weighted by Gasteiger charge is -2.08. The van der Waals surface area contributed by atoms with Crippen molar-refractivity contribution in [2.45, 2.75) is 26.3 Å². The summed E-state index contributed by atoms with van der Waals surface area (Å²) in [6.45, 7) is 2.48. The molecule has 7 heteroatoms. The van der Waals surface area contributed by atoms with Crippen LogP contribution in [-0.2, 0) is 17.8 Å². The molecule has 3 N–H and O–H groups in total. The molecule has 0 aliphatic rings. The van der Waals surface area contributed by atoms with Crippen LogP contribution in [0.2, 0.25) is 0 Å². The minimum atomic E-state index is -0.519. The fourth-order valence-corrected chi connectivity index (χ4v) is 3.72. The number of carbonyl (C=O) groups is 2. The van der Waals surface area contributed by atoms with E-state index in [0.29, 0.717) is 41.2 Å². The zero-order valence-electron chi connectivity index (χ0n) is 18.8. The van der Waals surface area contributed by atoms with Crippen molar-refractivity contribution < 1.29 is 14.0 Å². The van der Waals surface area contributed by atoms with Crippen molar-refractivity contribution in [1.82, 2.24) is 15.1 Å². The van der Waals surface area contributed by atoms with E-state index in [9.17, 15) is 14.0 Å². The van der Waals surface area contributed by atoms with E-state index < -0.39 is 5.91 Å². The lowest BCUT2D eigenvalue weighted by atomic mass is 10.1. The predicted molar refractivity (Wildman–Crippen MR) is 129 cm³/mol. The van der Waals surface area contributed by atoms with Crippen LogP contribution in [0.3, 0.4) is 0 Å². The fraction of sp³-hybridized carbons (Fsp3) is 0.148. The summed E-state index contributed by atoms with van der Waals surface area (Å²) in [5, 5.41) is 7.60. The Labute approximate surface area is 197 Å². The number of hydrogen-bond donors (Lipinski definition) is 2. The number of carbonyl (C=O) groups excluding carboxylic acids is 2. The number of nitrogens with one attached hydrogen (secondary N) is 1. The average Bonchev–Trinajstić information content (AvgIpc) is 3.26. The van der Waals surface area contributed by atoms with Gasteiger partial charge in [-0.25, -0.2) is 9.07 Å². The Morgan fingerprint density at radius 1 is 1.00 bits per heavy atom. The van der Waals surface area contributed by atoms with Crippen molar-refractivity contribution in [2.75, 3.05) is 0 Å². The molecule has 0 saturated heterocycles. The average molecular weight is 457 g/mol. The van der Waals surface area contributed by atoms with Gasteiger partial charge in [-0.05, 0) is 55.0 Å². The van der Waals surface area contributed by atoms with Crippen molar-refractivity contribution in [3.05, 3.63) is 107 Å². The van der Waals surface area contributed by atoms with Gasteiger partial charge in [0, 0.05) is 30.5 Å². The van der Waals surface area contributed by atoms with E-state index in [1.807, 2.05) is 37.3 Å². The molecule has 0 atom stereocenters. The van der Waals surface area contributed by atoms with Crippen molar-refractivity contribution in [2.24, 2.45) is 5.73 Å². The second-order valence-electron chi connectivity index (χ2n) is 8.12. The molecule has 0 spiro atoms. The van der Waals surface area contributed by atoms with Crippen LogP contribution in [-0.4, -0.2) is 21.6 Å². The first-order valence-electron chi connectivity index (χ1n) is 11.0. The Bertz CT molecular complexity index is 1330. The van der Waals surface area contributed by atoms with Gasteiger partial charge in [-0.1, -0.05) is 42.0 Å². The number of aromatic nitrogens is 2. The van der Waals surface area contributed by atoms with E-state index in [0.717, 1.165) is 11.1 Å². The van der Waals surface area contributed by atoms with Crippen molar-refractivity contribution in [3.63, 3.8) is 0 Å². The molecule has 3 aromatic carbocycles. The topological polar surface area (TPSA) is 90.0 Å². The van der Waals surface area contributed by atoms with Crippen LogP contribution in [0.1, 0.15) is 33.6 Å². The first-order valence-corrected chi connectivity index (χ1v) is 11.0. The Hall–Kier alpha value is -4.26. The molecule has 1 heterocycles. The van der Waals surface area contributed by atoms with Gasteiger partial charge >= 0.3 is 0 Å². The molecule has 0 unspecified atom stereocenters. The van der Waals surface area contributed by atoms with Gasteiger partial charge in [-0.2, -0.15) is 5.10 Å². The maximum absolute atomic E-state index is 13.9. The molecular formula is C27H25FN4O2. The van der Waals surface area contributed by atoms with E-state index in [1.54, 1.807) is 41.1 Å². The van der Waals surface area contributed by atoms with Gasteiger partial charge in [0.2, 0.25) is 11.8 Å². The summed E-state index contributed by atoms with van der Waals surface area (Å²) in [5.41, 5.74) is 10.6. The molecule has 0 saturated carbocycles. The monoisotopic (exact) mass is 456 g/mol. The Morgan fingerprint density at radius 2 is 1.76 bits per heavy atom. The van der Waals surface area contributed by atoms with Crippen molar-refractivity contribution in [3.8, 4) is 16.9 Å². The van der Waals surface area contributed by atoms with E-state index >= 15 is 0 Å². The summed E-state index contributed by atoms with van der Waals surface area (Å²) >= 11 is 0. The van der Waals surface area contributed by atoms with Gasteiger partial charge in [0.15, 0.2) is 0 Å². The number of benzene rings is 3. The Morgan fingerprint density at radius 3 is 2.47 bits per heavy atom. The summed E-state index contributed by atoms with van der Waals surface area (Å²) in [6.07, 6.45) is 0.695. The third kappa shape index (κ3) is 5.56. The van der Waals surface area contributed by atoms with Gasteiger partial charge in [0.25, 0.3) is 0 Å². The molecule has 4 rings (SSSR count). The molecular weight excluding hydrogens is 431 g/mol. The summed E-state index contributed by atoms with van der Waals surface area (Å²) < 4.78 is 15.6. The third-order valence-corrected chi connectivity index (χ3v) is 5.46. The van der Waals surface area contributed by atoms with Gasteiger partial charge in [-0.3, -0.25) is 9.59 Å². The molecule has 1 aromatic heterocycles. The van der Waals surface area contributed by atoms with Crippen molar-refractivity contribution in [1.29, 1.82) is 0 Å². The SMILES string of the molecule is Cc1cccc(CNC(=O)CCc2cc(-c3cccc(F)c3)n(-c3ccc(C(N)=O)cc3)n2)c1. The highest BCUT2D eigenvalue weighted by molar-refractivity contribution is 5.92. The minimum absolute atomic E-state index is 0.0748. The number of aryl methyl sites for hydroxylation is 2. The minimum Gasteiger partial charge on any atom is -0.366 e. The molecule has 6 nitrogen and oxygen atoms in total. The molecule has 0 aliphatic heterocycles. The number of rotatable bonds is 8. The highest BCUT2D eigenvalue weighted by Gasteiger charge is 2.14. The van der Waals surface area contributed by atoms with Gasteiger partial charge in [0.05, 0.1) is 17.1 Å². The number of halogens is 1. The second kappa shape index (κ2) is 10.1. The van der Waals surface area contributed by atoms with Crippen LogP contribution in [0.5, 0.6) is 0 Å². The highest BCUT2D eigenvalue weighted by atomic mass is 19.1. The zero-order valence-corrected chi connectivity index (χ0v) is 18.8. The van der Waals surface area contributed by atoms with E-state index in [2.05, 4.69) is 10.4 Å². The number of primary amides is 1. The summed E-state index contributed by atoms with van der Waals surface area (Å²) in [6, 6.07) is 22.8. The first kappa shape index (κ1) is 22.9. The summed E-state index contributed by atoms with van der Waals surface area (Å²) in [4.78, 5) is 23.8. The molecule has 34 heavy (non-hydrogen) atoms. The molecule has 4 aromatic rings. The van der Waals surface area contributed by atoms with Crippen molar-refractivity contribution >= 4 is 11.8 Å². The van der Waals surface area contributed by atoms with E-state index in [4.69, 9.17) is 5.73 Å². The first-order chi connectivity index (χ1) is 16.4. The second-order valence-corrected chi connectivity index (χ2v) is 8.12. The summed E-state index contributed by atoms with van der Waals surface area (Å²) in [7, 11) is 0. The number of hydrogen-bond acceptors (Lipinski definition) is 3. The fourth-order valence-electron chi connectivity index (χ4n) is 3.72. The molecule has 0 aliphatic carbocycles. The normalized spacial score (nSPS) is 10.8. The number of amides is 2. The smallest absolute Gasteiger partial charge is 0.248 e. The van der Waals surface area contributed by atoms with Crippen LogP contribution in [0.25, 0.3) is 16.9 Å². The van der Waals surface area contributed by atoms with E-state index in [1.165, 1.54) is 12.1 Å². The van der Waals surface area contributed by atoms with Crippen LogP contribution >= 0.6 is 0 Å². The highest BCUT2D eigenvalue weighted by Crippen LogP contribution is 2.25. The van der Waals surface area contributed by atoms with Crippen LogP contribution in [0, 0.1) is 12.7 Å². The Balaban J connectivity index is 1.53. The lowest BCUT2D eigenvalue weighted by Crippen LogP contribution is -2.23. The third-order valence-electron chi connectivity index (χ3n) is 5.46. The van der Waals surface area contributed by atoms with Gasteiger partial charge in [-0.15, -0.1) is 0 Å². The molecule has 2 amide bonds. The predicted octanol–water partition coefficient (Wildman–Crippen LogP) is 4.33. The molecule has 0 bridgehead atoms.